The summed E-state index contributed by atoms with van der Waals surface area (Å²) in [6, 6.07) is -1.33. The number of esters is 1. The second-order valence-corrected chi connectivity index (χ2v) is 4.20. The lowest BCUT2D eigenvalue weighted by Gasteiger charge is -2.39. The summed E-state index contributed by atoms with van der Waals surface area (Å²) < 4.78 is 5.07. The highest BCUT2D eigenvalue weighted by atomic mass is 16.5. The molecule has 1 aliphatic carbocycles. The lowest BCUT2D eigenvalue weighted by Crippen LogP contribution is -2.51. The number of hydrogen-bond acceptors (Lipinski definition) is 5. The molecule has 0 saturated heterocycles. The van der Waals surface area contributed by atoms with Gasteiger partial charge in [-0.3, -0.25) is 4.79 Å². The summed E-state index contributed by atoms with van der Waals surface area (Å²) in [7, 11) is 0. The van der Waals surface area contributed by atoms with Gasteiger partial charge in [-0.15, -0.1) is 0 Å². The van der Waals surface area contributed by atoms with Crippen LogP contribution in [-0.4, -0.2) is 35.4 Å². The van der Waals surface area contributed by atoms with Crippen LogP contribution in [0.2, 0.25) is 0 Å². The van der Waals surface area contributed by atoms with Crippen molar-refractivity contribution in [1.82, 2.24) is 0 Å². The molecule has 0 bridgehead atoms. The maximum Gasteiger partial charge on any atom is 0.302 e. The van der Waals surface area contributed by atoms with Crippen LogP contribution in [0.25, 0.3) is 20.9 Å². The van der Waals surface area contributed by atoms with Crippen LogP contribution in [0.5, 0.6) is 0 Å². The Bertz CT molecular complexity index is 415. The van der Waals surface area contributed by atoms with Gasteiger partial charge in [-0.1, -0.05) is 17.2 Å². The van der Waals surface area contributed by atoms with Crippen molar-refractivity contribution in [3.8, 4) is 0 Å². The minimum absolute atomic E-state index is 0.150. The van der Waals surface area contributed by atoms with E-state index in [2.05, 4.69) is 20.1 Å². The molecule has 1 fully saturated rings. The van der Waals surface area contributed by atoms with Crippen LogP contribution in [0.1, 0.15) is 20.3 Å². The number of aliphatic hydroxyl groups excluding tert-OH is 1. The molecule has 1 N–H and O–H groups in total. The molecule has 0 radical (unpaired) electrons. The molecule has 98 valence electrons. The normalized spacial score (nSPS) is 34.9. The fourth-order valence-corrected chi connectivity index (χ4v) is 2.15. The standard InChI is InChI=1S/C9H14N6O3/c1-4-8(17)6(12-14-10)3-7(13-15-11)9(4)18-5(2)16/h4,6-9,17H,3H2,1-2H3/t4?,6?,7-,8-,9-/m1/s1. The van der Waals surface area contributed by atoms with Crippen LogP contribution in [0.3, 0.4) is 0 Å². The fraction of sp³-hybridized carbons (Fsp3) is 0.889. The Balaban J connectivity index is 2.98. The molecule has 9 heteroatoms. The van der Waals surface area contributed by atoms with Crippen molar-refractivity contribution in [3.63, 3.8) is 0 Å². The minimum Gasteiger partial charge on any atom is -0.462 e. The zero-order valence-electron chi connectivity index (χ0n) is 10.0. The van der Waals surface area contributed by atoms with E-state index in [9.17, 15) is 9.90 Å². The molecule has 2 unspecified atom stereocenters. The molecule has 9 nitrogen and oxygen atoms in total. The van der Waals surface area contributed by atoms with Gasteiger partial charge in [-0.05, 0) is 17.5 Å². The Hall–Kier alpha value is -1.95. The molecule has 5 atom stereocenters. The number of hydrogen-bond donors (Lipinski definition) is 1. The Labute approximate surface area is 103 Å². The molecule has 0 aromatic heterocycles. The molecule has 0 spiro atoms. The van der Waals surface area contributed by atoms with Gasteiger partial charge >= 0.3 is 5.97 Å². The second kappa shape index (κ2) is 6.11. The summed E-state index contributed by atoms with van der Waals surface area (Å²) in [5, 5.41) is 17.0. The third-order valence-corrected chi connectivity index (χ3v) is 3.02. The average Bonchev–Trinajstić information content (AvgIpc) is 2.31. The lowest BCUT2D eigenvalue weighted by atomic mass is 9.79. The number of carbonyl (C=O) groups is 1. The molecule has 0 heterocycles. The Morgan fingerprint density at radius 1 is 1.33 bits per heavy atom. The van der Waals surface area contributed by atoms with Crippen LogP contribution in [-0.2, 0) is 9.53 Å². The van der Waals surface area contributed by atoms with E-state index in [0.717, 1.165) is 0 Å². The molecule has 1 rings (SSSR count). The third kappa shape index (κ3) is 3.04. The maximum atomic E-state index is 11.0. The summed E-state index contributed by atoms with van der Waals surface area (Å²) >= 11 is 0. The maximum absolute atomic E-state index is 11.0. The van der Waals surface area contributed by atoms with Gasteiger partial charge < -0.3 is 9.84 Å². The molecule has 0 aliphatic heterocycles. The SMILES string of the molecule is CC(=O)O[C@@H]1C(C)[C@@H](O)C(N=[N+]=[N-])C[C@H]1N=[N+]=[N-]. The first-order valence-corrected chi connectivity index (χ1v) is 5.45. The average molecular weight is 254 g/mol. The van der Waals surface area contributed by atoms with E-state index >= 15 is 0 Å². The number of carbonyl (C=O) groups excluding carboxylic acids is 1. The highest BCUT2D eigenvalue weighted by molar-refractivity contribution is 5.66. The van der Waals surface area contributed by atoms with Gasteiger partial charge in [0.15, 0.2) is 0 Å². The summed E-state index contributed by atoms with van der Waals surface area (Å²) in [5.74, 6) is -0.993. The predicted molar refractivity (Wildman–Crippen MR) is 61.2 cm³/mol. The molecule has 0 amide bonds. The molecule has 18 heavy (non-hydrogen) atoms. The summed E-state index contributed by atoms with van der Waals surface area (Å²) in [4.78, 5) is 16.3. The summed E-state index contributed by atoms with van der Waals surface area (Å²) in [5.41, 5.74) is 16.9. The smallest absolute Gasteiger partial charge is 0.302 e. The highest BCUT2D eigenvalue weighted by Crippen LogP contribution is 2.31. The van der Waals surface area contributed by atoms with Crippen LogP contribution >= 0.6 is 0 Å². The first kappa shape index (κ1) is 14.1. The number of aliphatic hydroxyl groups is 1. The Kier molecular flexibility index (Phi) is 4.79. The Morgan fingerprint density at radius 2 is 1.89 bits per heavy atom. The van der Waals surface area contributed by atoms with Crippen molar-refractivity contribution in [2.75, 3.05) is 0 Å². The minimum atomic E-state index is -0.935. The van der Waals surface area contributed by atoms with E-state index in [-0.39, 0.29) is 6.42 Å². The number of ether oxygens (including phenoxy) is 1. The zero-order chi connectivity index (χ0) is 13.7. The van der Waals surface area contributed by atoms with Crippen molar-refractivity contribution < 1.29 is 14.6 Å². The van der Waals surface area contributed by atoms with E-state index in [1.54, 1.807) is 6.92 Å². The van der Waals surface area contributed by atoms with Crippen molar-refractivity contribution in [2.45, 2.75) is 44.6 Å². The van der Waals surface area contributed by atoms with Crippen molar-refractivity contribution in [1.29, 1.82) is 0 Å². The lowest BCUT2D eigenvalue weighted by molar-refractivity contribution is -0.156. The largest absolute Gasteiger partial charge is 0.462 e. The fourth-order valence-electron chi connectivity index (χ4n) is 2.15. The first-order valence-electron chi connectivity index (χ1n) is 5.45. The van der Waals surface area contributed by atoms with Crippen molar-refractivity contribution >= 4 is 5.97 Å². The molecule has 0 aromatic carbocycles. The van der Waals surface area contributed by atoms with Gasteiger partial charge in [0.1, 0.15) is 6.10 Å². The summed E-state index contributed by atoms with van der Waals surface area (Å²) in [6.07, 6.45) is -1.49. The highest BCUT2D eigenvalue weighted by Gasteiger charge is 2.43. The second-order valence-electron chi connectivity index (χ2n) is 4.20. The van der Waals surface area contributed by atoms with Crippen molar-refractivity contribution in [2.24, 2.45) is 16.1 Å². The van der Waals surface area contributed by atoms with Gasteiger partial charge in [-0.2, -0.15) is 0 Å². The van der Waals surface area contributed by atoms with Gasteiger partial charge in [0.05, 0.1) is 18.2 Å². The molecule has 1 aliphatic rings. The van der Waals surface area contributed by atoms with Crippen LogP contribution in [0, 0.1) is 5.92 Å². The summed E-state index contributed by atoms with van der Waals surface area (Å²) in [6.45, 7) is 2.89. The molecule has 1 saturated carbocycles. The quantitative estimate of drug-likeness (QED) is 0.354. The first-order chi connectivity index (χ1) is 8.51. The van der Waals surface area contributed by atoms with Crippen LogP contribution in [0.15, 0.2) is 10.2 Å². The van der Waals surface area contributed by atoms with Gasteiger partial charge in [-0.25, -0.2) is 0 Å². The number of azide groups is 2. The molecule has 0 aromatic rings. The van der Waals surface area contributed by atoms with E-state index in [1.165, 1.54) is 6.92 Å². The molecular formula is C9H14N6O3. The van der Waals surface area contributed by atoms with Gasteiger partial charge in [0, 0.05) is 22.7 Å². The van der Waals surface area contributed by atoms with Crippen LogP contribution < -0.4 is 0 Å². The topological polar surface area (TPSA) is 144 Å². The third-order valence-electron chi connectivity index (χ3n) is 3.02. The monoisotopic (exact) mass is 254 g/mol. The van der Waals surface area contributed by atoms with Crippen molar-refractivity contribution in [3.05, 3.63) is 20.9 Å². The Morgan fingerprint density at radius 3 is 2.39 bits per heavy atom. The molecular weight excluding hydrogens is 240 g/mol. The van der Waals surface area contributed by atoms with E-state index in [1.807, 2.05) is 0 Å². The van der Waals surface area contributed by atoms with E-state index in [0.29, 0.717) is 0 Å². The number of rotatable bonds is 3. The van der Waals surface area contributed by atoms with E-state index in [4.69, 9.17) is 15.8 Å². The number of nitrogens with zero attached hydrogens (tertiary/aromatic N) is 6. The van der Waals surface area contributed by atoms with Crippen LogP contribution in [0.4, 0.5) is 0 Å². The van der Waals surface area contributed by atoms with Gasteiger partial charge in [0.2, 0.25) is 0 Å². The van der Waals surface area contributed by atoms with Gasteiger partial charge in [0.25, 0.3) is 0 Å². The van der Waals surface area contributed by atoms with E-state index < -0.39 is 36.2 Å². The predicted octanol–water partition coefficient (Wildman–Crippen LogP) is 1.68. The zero-order valence-corrected chi connectivity index (χ0v) is 10.0.